The molecule has 1 heterocycles. The minimum atomic E-state index is -4.63. The second-order valence-electron chi connectivity index (χ2n) is 7.75. The first-order valence-corrected chi connectivity index (χ1v) is 11.5. The number of rotatable bonds is 6. The molecule has 0 saturated carbocycles. The van der Waals surface area contributed by atoms with Crippen LogP contribution in [0.15, 0.2) is 53.4 Å². The lowest BCUT2D eigenvalue weighted by Gasteiger charge is -2.32. The van der Waals surface area contributed by atoms with Crippen LogP contribution in [0.5, 0.6) is 5.75 Å². The Morgan fingerprint density at radius 1 is 1.12 bits per heavy atom. The van der Waals surface area contributed by atoms with Crippen molar-refractivity contribution in [3.8, 4) is 5.75 Å². The minimum absolute atomic E-state index is 0.0748. The van der Waals surface area contributed by atoms with Crippen molar-refractivity contribution in [3.63, 3.8) is 0 Å². The maximum absolute atomic E-state index is 13.0. The number of nitrogens with zero attached hydrogens (tertiary/aromatic N) is 2. The standard InChI is InChI=1S/C22H25F3N2O4S/c1-26(15-16-6-8-19(31-2)9-7-16)21(28)17-10-12-27(13-11-17)32(29,30)20-5-3-4-18(14-20)22(23,24)25/h3-9,14,17H,10-13,15H2,1-2H3. The monoisotopic (exact) mass is 470 g/mol. The van der Waals surface area contributed by atoms with Gasteiger partial charge in [0.05, 0.1) is 17.6 Å². The van der Waals surface area contributed by atoms with E-state index in [1.165, 1.54) is 0 Å². The topological polar surface area (TPSA) is 66.9 Å². The molecule has 0 bridgehead atoms. The van der Waals surface area contributed by atoms with Gasteiger partial charge in [0.15, 0.2) is 0 Å². The third kappa shape index (κ3) is 5.42. The highest BCUT2D eigenvalue weighted by atomic mass is 32.2. The average Bonchev–Trinajstić information content (AvgIpc) is 2.78. The normalized spacial score (nSPS) is 16.0. The number of hydrogen-bond donors (Lipinski definition) is 0. The molecule has 2 aromatic carbocycles. The van der Waals surface area contributed by atoms with Crippen LogP contribution in [0.25, 0.3) is 0 Å². The molecule has 2 aromatic rings. The van der Waals surface area contributed by atoms with Gasteiger partial charge >= 0.3 is 6.18 Å². The highest BCUT2D eigenvalue weighted by Crippen LogP contribution is 2.32. The smallest absolute Gasteiger partial charge is 0.416 e. The fourth-order valence-electron chi connectivity index (χ4n) is 3.72. The van der Waals surface area contributed by atoms with Gasteiger partial charge in [0.1, 0.15) is 5.75 Å². The van der Waals surface area contributed by atoms with Crippen molar-refractivity contribution in [2.75, 3.05) is 27.2 Å². The Balaban J connectivity index is 1.61. The number of carbonyl (C=O) groups excluding carboxylic acids is 1. The van der Waals surface area contributed by atoms with Crippen molar-refractivity contribution in [3.05, 3.63) is 59.7 Å². The SMILES string of the molecule is COc1ccc(CN(C)C(=O)C2CCN(S(=O)(=O)c3cccc(C(F)(F)F)c3)CC2)cc1. The van der Waals surface area contributed by atoms with E-state index in [-0.39, 0.29) is 24.9 Å². The molecular weight excluding hydrogens is 445 g/mol. The molecule has 174 valence electrons. The number of carbonyl (C=O) groups is 1. The fraction of sp³-hybridized carbons (Fsp3) is 0.409. The number of alkyl halides is 3. The second-order valence-corrected chi connectivity index (χ2v) is 9.68. The zero-order valence-electron chi connectivity index (χ0n) is 17.8. The molecule has 0 aliphatic carbocycles. The van der Waals surface area contributed by atoms with Gasteiger partial charge in [-0.15, -0.1) is 0 Å². The highest BCUT2D eigenvalue weighted by Gasteiger charge is 2.35. The molecule has 0 unspecified atom stereocenters. The molecule has 0 spiro atoms. The summed E-state index contributed by atoms with van der Waals surface area (Å²) in [4.78, 5) is 14.0. The predicted molar refractivity (Wildman–Crippen MR) is 112 cm³/mol. The molecule has 1 amide bonds. The molecule has 0 aromatic heterocycles. The van der Waals surface area contributed by atoms with E-state index < -0.39 is 26.7 Å². The summed E-state index contributed by atoms with van der Waals surface area (Å²) in [6, 6.07) is 11.1. The van der Waals surface area contributed by atoms with Gasteiger partial charge in [-0.05, 0) is 48.7 Å². The molecule has 6 nitrogen and oxygen atoms in total. The number of benzene rings is 2. The van der Waals surface area contributed by atoms with Gasteiger partial charge in [-0.3, -0.25) is 4.79 Å². The summed E-state index contributed by atoms with van der Waals surface area (Å²) in [5.41, 5.74) is -0.0741. The third-order valence-electron chi connectivity index (χ3n) is 5.56. The first kappa shape index (κ1) is 24.1. The van der Waals surface area contributed by atoms with Crippen molar-refractivity contribution in [2.24, 2.45) is 5.92 Å². The Labute approximate surface area is 185 Å². The number of hydrogen-bond acceptors (Lipinski definition) is 4. The summed E-state index contributed by atoms with van der Waals surface area (Å²) in [6.45, 7) is 0.558. The summed E-state index contributed by atoms with van der Waals surface area (Å²) in [7, 11) is -0.806. The minimum Gasteiger partial charge on any atom is -0.497 e. The van der Waals surface area contributed by atoms with Crippen LogP contribution >= 0.6 is 0 Å². The van der Waals surface area contributed by atoms with E-state index in [0.717, 1.165) is 33.8 Å². The lowest BCUT2D eigenvalue weighted by Crippen LogP contribution is -2.43. The van der Waals surface area contributed by atoms with Crippen LogP contribution < -0.4 is 4.74 Å². The fourth-order valence-corrected chi connectivity index (χ4v) is 5.24. The maximum atomic E-state index is 13.0. The molecule has 1 fully saturated rings. The molecule has 1 saturated heterocycles. The Hall–Kier alpha value is -2.59. The lowest BCUT2D eigenvalue weighted by atomic mass is 9.96. The van der Waals surface area contributed by atoms with Crippen molar-refractivity contribution < 1.29 is 31.1 Å². The second kappa shape index (κ2) is 9.50. The first-order chi connectivity index (χ1) is 15.0. The van der Waals surface area contributed by atoms with E-state index in [2.05, 4.69) is 0 Å². The number of halogens is 3. The van der Waals surface area contributed by atoms with Gasteiger partial charge < -0.3 is 9.64 Å². The molecule has 0 N–H and O–H groups in total. The Bertz CT molecular complexity index is 1050. The third-order valence-corrected chi connectivity index (χ3v) is 7.45. The van der Waals surface area contributed by atoms with E-state index in [9.17, 15) is 26.4 Å². The molecule has 1 aliphatic heterocycles. The van der Waals surface area contributed by atoms with Crippen molar-refractivity contribution in [2.45, 2.75) is 30.5 Å². The molecule has 1 aliphatic rings. The van der Waals surface area contributed by atoms with E-state index >= 15 is 0 Å². The molecule has 10 heteroatoms. The van der Waals surface area contributed by atoms with Crippen LogP contribution in [0, 0.1) is 5.92 Å². The number of sulfonamides is 1. The Morgan fingerprint density at radius 2 is 1.75 bits per heavy atom. The Kier molecular flexibility index (Phi) is 7.14. The van der Waals surface area contributed by atoms with Crippen LogP contribution in [0.1, 0.15) is 24.0 Å². The Morgan fingerprint density at radius 3 is 2.31 bits per heavy atom. The van der Waals surface area contributed by atoms with E-state index in [1.807, 2.05) is 24.3 Å². The van der Waals surface area contributed by atoms with Crippen LogP contribution in [0.3, 0.4) is 0 Å². The maximum Gasteiger partial charge on any atom is 0.416 e. The van der Waals surface area contributed by atoms with Gasteiger partial charge in [0.25, 0.3) is 0 Å². The van der Waals surface area contributed by atoms with Gasteiger partial charge in [-0.25, -0.2) is 8.42 Å². The van der Waals surface area contributed by atoms with Crippen LogP contribution in [0.2, 0.25) is 0 Å². The van der Waals surface area contributed by atoms with Crippen molar-refractivity contribution in [1.82, 2.24) is 9.21 Å². The van der Waals surface area contributed by atoms with E-state index in [1.54, 1.807) is 19.1 Å². The molecular formula is C22H25F3N2O4S. The van der Waals surface area contributed by atoms with Gasteiger partial charge in [-0.1, -0.05) is 18.2 Å². The number of piperidine rings is 1. The lowest BCUT2D eigenvalue weighted by molar-refractivity contribution is -0.138. The van der Waals surface area contributed by atoms with Gasteiger partial charge in [0, 0.05) is 32.6 Å². The highest BCUT2D eigenvalue weighted by molar-refractivity contribution is 7.89. The molecule has 32 heavy (non-hydrogen) atoms. The summed E-state index contributed by atoms with van der Waals surface area (Å²) >= 11 is 0. The zero-order valence-corrected chi connectivity index (χ0v) is 18.6. The van der Waals surface area contributed by atoms with Crippen LogP contribution in [0.4, 0.5) is 13.2 Å². The predicted octanol–water partition coefficient (Wildman–Crippen LogP) is 3.77. The van der Waals surface area contributed by atoms with Gasteiger partial charge in [-0.2, -0.15) is 17.5 Å². The average molecular weight is 471 g/mol. The molecule has 0 atom stereocenters. The van der Waals surface area contributed by atoms with E-state index in [4.69, 9.17) is 4.74 Å². The summed E-state index contributed by atoms with van der Waals surface area (Å²) in [6.07, 6.45) is -4.01. The van der Waals surface area contributed by atoms with Crippen LogP contribution in [-0.4, -0.2) is 50.8 Å². The quantitative estimate of drug-likeness (QED) is 0.645. The van der Waals surface area contributed by atoms with Crippen LogP contribution in [-0.2, 0) is 27.5 Å². The molecule has 0 radical (unpaired) electrons. The largest absolute Gasteiger partial charge is 0.497 e. The summed E-state index contributed by atoms with van der Waals surface area (Å²) < 4.78 is 70.8. The number of ether oxygens (including phenoxy) is 1. The van der Waals surface area contributed by atoms with Gasteiger partial charge in [0.2, 0.25) is 15.9 Å². The molecule has 3 rings (SSSR count). The number of amides is 1. The first-order valence-electron chi connectivity index (χ1n) is 10.1. The van der Waals surface area contributed by atoms with Crippen molar-refractivity contribution >= 4 is 15.9 Å². The summed E-state index contributed by atoms with van der Waals surface area (Å²) in [5, 5.41) is 0. The number of methoxy groups -OCH3 is 1. The summed E-state index contributed by atoms with van der Waals surface area (Å²) in [5.74, 6) is 0.292. The van der Waals surface area contributed by atoms with Crippen molar-refractivity contribution in [1.29, 1.82) is 0 Å². The zero-order chi connectivity index (χ0) is 23.5. The van der Waals surface area contributed by atoms with E-state index in [0.29, 0.717) is 25.5 Å².